The Balaban J connectivity index is 2.23. The summed E-state index contributed by atoms with van der Waals surface area (Å²) >= 11 is 0. The van der Waals surface area contributed by atoms with Gasteiger partial charge < -0.3 is 15.4 Å². The molecule has 26 heavy (non-hydrogen) atoms. The van der Waals surface area contributed by atoms with Gasteiger partial charge in [-0.25, -0.2) is 0 Å². The molecule has 5 heteroatoms. The number of hydrogen-bond donors (Lipinski definition) is 2. The maximum absolute atomic E-state index is 12.5. The van der Waals surface area contributed by atoms with E-state index in [1.807, 2.05) is 31.2 Å². The van der Waals surface area contributed by atoms with Crippen LogP contribution in [-0.4, -0.2) is 32.0 Å². The van der Waals surface area contributed by atoms with Crippen molar-refractivity contribution in [1.29, 1.82) is 0 Å². The van der Waals surface area contributed by atoms with Gasteiger partial charge >= 0.3 is 0 Å². The van der Waals surface area contributed by atoms with Gasteiger partial charge in [-0.2, -0.15) is 0 Å². The molecule has 0 aliphatic carbocycles. The third kappa shape index (κ3) is 2.83. The van der Waals surface area contributed by atoms with Crippen molar-refractivity contribution in [2.45, 2.75) is 25.7 Å². The summed E-state index contributed by atoms with van der Waals surface area (Å²) in [7, 11) is 1.58. The van der Waals surface area contributed by atoms with Crippen LogP contribution in [0, 0.1) is 0 Å². The van der Waals surface area contributed by atoms with Crippen LogP contribution in [0.2, 0.25) is 0 Å². The summed E-state index contributed by atoms with van der Waals surface area (Å²) in [4.78, 5) is 24.9. The van der Waals surface area contributed by atoms with Gasteiger partial charge in [0.15, 0.2) is 0 Å². The summed E-state index contributed by atoms with van der Waals surface area (Å²) in [5.41, 5.74) is 2.52. The van der Waals surface area contributed by atoms with Gasteiger partial charge in [-0.15, -0.1) is 0 Å². The summed E-state index contributed by atoms with van der Waals surface area (Å²) in [5.74, 6) is 0.126. The van der Waals surface area contributed by atoms with Crippen molar-refractivity contribution in [2.75, 3.05) is 20.2 Å². The lowest BCUT2D eigenvalue weighted by Crippen LogP contribution is -2.29. The number of rotatable bonds is 5. The fourth-order valence-electron chi connectivity index (χ4n) is 3.60. The van der Waals surface area contributed by atoms with Crippen LogP contribution < -0.4 is 15.4 Å². The summed E-state index contributed by atoms with van der Waals surface area (Å²) < 4.78 is 6.02. The number of hydrogen-bond acceptors (Lipinski definition) is 3. The van der Waals surface area contributed by atoms with E-state index in [4.69, 9.17) is 4.74 Å². The lowest BCUT2D eigenvalue weighted by Gasteiger charge is -2.27. The highest BCUT2D eigenvalue weighted by Crippen LogP contribution is 2.47. The summed E-state index contributed by atoms with van der Waals surface area (Å²) in [5, 5.41) is 5.45. The van der Waals surface area contributed by atoms with Crippen molar-refractivity contribution in [3.63, 3.8) is 0 Å². The number of fused-ring (bicyclic) bond motifs is 1. The minimum absolute atomic E-state index is 0.189. The predicted octanol–water partition coefficient (Wildman–Crippen LogP) is 2.88. The third-order valence-electron chi connectivity index (χ3n) is 5.07. The Kier molecular flexibility index (Phi) is 4.98. The van der Waals surface area contributed by atoms with Crippen molar-refractivity contribution in [2.24, 2.45) is 0 Å². The van der Waals surface area contributed by atoms with Gasteiger partial charge in [0.25, 0.3) is 11.8 Å². The lowest BCUT2D eigenvalue weighted by molar-refractivity contribution is 0.0955. The van der Waals surface area contributed by atoms with Crippen molar-refractivity contribution < 1.29 is 14.3 Å². The highest BCUT2D eigenvalue weighted by Gasteiger charge is 2.43. The van der Waals surface area contributed by atoms with E-state index in [0.717, 1.165) is 17.5 Å². The largest absolute Gasteiger partial charge is 0.491 e. The zero-order valence-electron chi connectivity index (χ0n) is 15.4. The van der Waals surface area contributed by atoms with Crippen LogP contribution in [0.3, 0.4) is 0 Å². The monoisotopic (exact) mass is 352 g/mol. The normalized spacial score (nSPS) is 18.0. The van der Waals surface area contributed by atoms with Crippen LogP contribution in [0.15, 0.2) is 42.5 Å². The average molecular weight is 352 g/mol. The van der Waals surface area contributed by atoms with Gasteiger partial charge in [-0.1, -0.05) is 37.3 Å². The molecule has 0 saturated carbocycles. The van der Waals surface area contributed by atoms with Crippen LogP contribution in [0.5, 0.6) is 5.75 Å². The quantitative estimate of drug-likeness (QED) is 0.869. The molecule has 0 aromatic heterocycles. The number of amides is 2. The molecule has 136 valence electrons. The molecule has 2 N–H and O–H groups in total. The van der Waals surface area contributed by atoms with Gasteiger partial charge in [0.05, 0.1) is 11.0 Å². The lowest BCUT2D eigenvalue weighted by atomic mass is 9.73. The Hall–Kier alpha value is -2.82. The Morgan fingerprint density at radius 1 is 1.12 bits per heavy atom. The van der Waals surface area contributed by atoms with Crippen molar-refractivity contribution in [3.05, 3.63) is 64.7 Å². The summed E-state index contributed by atoms with van der Waals surface area (Å²) in [6.07, 6.45) is 0.802. The number of carbonyl (C=O) groups excluding carboxylic acids is 2. The first kappa shape index (κ1) is 18.0. The Bertz CT molecular complexity index is 833. The molecule has 1 aliphatic rings. The van der Waals surface area contributed by atoms with Crippen molar-refractivity contribution in [1.82, 2.24) is 10.6 Å². The van der Waals surface area contributed by atoms with Crippen molar-refractivity contribution >= 4 is 11.8 Å². The molecule has 2 aromatic rings. The van der Waals surface area contributed by atoms with Crippen LogP contribution in [0.1, 0.15) is 52.1 Å². The van der Waals surface area contributed by atoms with Gasteiger partial charge in [-0.3, -0.25) is 9.59 Å². The molecule has 0 fully saturated rings. The van der Waals surface area contributed by atoms with Gasteiger partial charge in [0.1, 0.15) is 12.4 Å². The standard InChI is InChI=1S/C21H24N2O3/c1-4-21(15-9-7-6-8-10-15)13-26-18-16(20(25)22-3)11-14(12-17(18)21)19(24)23-5-2/h6-12H,4-5,13H2,1-3H3,(H,22,25)(H,23,24). The molecule has 2 amide bonds. The molecule has 0 radical (unpaired) electrons. The highest BCUT2D eigenvalue weighted by atomic mass is 16.5. The summed E-state index contributed by atoms with van der Waals surface area (Å²) in [6, 6.07) is 13.6. The molecule has 3 rings (SSSR count). The first-order valence-corrected chi connectivity index (χ1v) is 8.94. The Morgan fingerprint density at radius 3 is 2.46 bits per heavy atom. The number of carbonyl (C=O) groups is 2. The minimum atomic E-state index is -0.373. The van der Waals surface area contributed by atoms with Gasteiger partial charge in [0, 0.05) is 24.7 Å². The highest BCUT2D eigenvalue weighted by molar-refractivity contribution is 6.02. The molecule has 1 unspecified atom stereocenters. The van der Waals surface area contributed by atoms with Crippen LogP contribution in [-0.2, 0) is 5.41 Å². The predicted molar refractivity (Wildman–Crippen MR) is 101 cm³/mol. The average Bonchev–Trinajstić information content (AvgIpc) is 3.07. The summed E-state index contributed by atoms with van der Waals surface area (Å²) in [6.45, 7) is 4.95. The van der Waals surface area contributed by atoms with Crippen LogP contribution >= 0.6 is 0 Å². The first-order chi connectivity index (χ1) is 12.6. The fraction of sp³-hybridized carbons (Fsp3) is 0.333. The maximum Gasteiger partial charge on any atom is 0.254 e. The molecule has 0 bridgehead atoms. The number of nitrogens with one attached hydrogen (secondary N) is 2. The van der Waals surface area contributed by atoms with E-state index in [1.54, 1.807) is 13.1 Å². The SMILES string of the molecule is CCNC(=O)c1cc(C(=O)NC)c2c(c1)C(CC)(c1ccccc1)CO2. The number of benzene rings is 2. The molecular formula is C21H24N2O3. The Morgan fingerprint density at radius 2 is 1.85 bits per heavy atom. The van der Waals surface area contributed by atoms with E-state index in [1.165, 1.54) is 0 Å². The molecular weight excluding hydrogens is 328 g/mol. The molecule has 5 nitrogen and oxygen atoms in total. The number of ether oxygens (including phenoxy) is 1. The second-order valence-corrected chi connectivity index (χ2v) is 6.43. The molecule has 1 atom stereocenters. The van der Waals surface area contributed by atoms with E-state index >= 15 is 0 Å². The van der Waals surface area contributed by atoms with E-state index in [2.05, 4.69) is 29.7 Å². The molecule has 2 aromatic carbocycles. The minimum Gasteiger partial charge on any atom is -0.491 e. The third-order valence-corrected chi connectivity index (χ3v) is 5.07. The van der Waals surface area contributed by atoms with E-state index in [9.17, 15) is 9.59 Å². The Labute approximate surface area is 153 Å². The van der Waals surface area contributed by atoms with Crippen LogP contribution in [0.4, 0.5) is 0 Å². The molecule has 1 aliphatic heterocycles. The topological polar surface area (TPSA) is 67.4 Å². The molecule has 0 spiro atoms. The van der Waals surface area contributed by atoms with E-state index < -0.39 is 0 Å². The smallest absolute Gasteiger partial charge is 0.254 e. The zero-order valence-corrected chi connectivity index (χ0v) is 15.4. The zero-order chi connectivity index (χ0) is 18.7. The van der Waals surface area contributed by atoms with E-state index in [-0.39, 0.29) is 17.2 Å². The molecule has 0 saturated heterocycles. The van der Waals surface area contributed by atoms with E-state index in [0.29, 0.717) is 30.0 Å². The van der Waals surface area contributed by atoms with Gasteiger partial charge in [0.2, 0.25) is 0 Å². The van der Waals surface area contributed by atoms with Gasteiger partial charge in [-0.05, 0) is 31.0 Å². The second kappa shape index (κ2) is 7.20. The fourth-order valence-corrected chi connectivity index (χ4v) is 3.60. The first-order valence-electron chi connectivity index (χ1n) is 8.94. The second-order valence-electron chi connectivity index (χ2n) is 6.43. The maximum atomic E-state index is 12.5. The van der Waals surface area contributed by atoms with Crippen LogP contribution in [0.25, 0.3) is 0 Å². The molecule has 1 heterocycles. The van der Waals surface area contributed by atoms with Crippen molar-refractivity contribution in [3.8, 4) is 5.75 Å².